The zero-order chi connectivity index (χ0) is 17.5. The monoisotopic (exact) mass is 343 g/mol. The van der Waals surface area contributed by atoms with Crippen LogP contribution in [0, 0.1) is 5.41 Å². The van der Waals surface area contributed by atoms with E-state index in [1.165, 1.54) is 12.8 Å². The summed E-state index contributed by atoms with van der Waals surface area (Å²) in [5.41, 5.74) is 1.43. The van der Waals surface area contributed by atoms with Gasteiger partial charge in [0.2, 0.25) is 0 Å². The molecule has 2 heterocycles. The number of hydrogen-bond donors (Lipinski definition) is 1. The van der Waals surface area contributed by atoms with Crippen LogP contribution in [-0.4, -0.2) is 50.3 Å². The number of aliphatic imine (C=N–C) groups is 1. The van der Waals surface area contributed by atoms with E-state index in [4.69, 9.17) is 14.5 Å². The topological polar surface area (TPSA) is 46.1 Å². The molecule has 2 aliphatic heterocycles. The van der Waals surface area contributed by atoms with Crippen molar-refractivity contribution in [2.45, 2.75) is 26.3 Å². The summed E-state index contributed by atoms with van der Waals surface area (Å²) in [5, 5.41) is 3.44. The average molecular weight is 343 g/mol. The molecule has 2 fully saturated rings. The van der Waals surface area contributed by atoms with Crippen LogP contribution in [-0.2, 0) is 11.3 Å². The molecule has 5 nitrogen and oxygen atoms in total. The molecule has 1 atom stereocenters. The average Bonchev–Trinajstić information content (AvgIpc) is 3.27. The molecule has 0 aromatic heterocycles. The number of nitrogens with zero attached hydrogens (tertiary/aromatic N) is 2. The molecular formula is C20H29N3O2. The fraction of sp³-hybridized carbons (Fsp3) is 0.550. The Labute approximate surface area is 150 Å². The molecule has 2 saturated heterocycles. The van der Waals surface area contributed by atoms with Gasteiger partial charge in [0.1, 0.15) is 12.4 Å². The Morgan fingerprint density at radius 1 is 1.44 bits per heavy atom. The van der Waals surface area contributed by atoms with Crippen molar-refractivity contribution in [1.29, 1.82) is 0 Å². The molecule has 1 unspecified atom stereocenters. The van der Waals surface area contributed by atoms with Gasteiger partial charge in [-0.3, -0.25) is 0 Å². The Balaban J connectivity index is 1.70. The molecule has 25 heavy (non-hydrogen) atoms. The molecule has 3 rings (SSSR count). The van der Waals surface area contributed by atoms with E-state index in [0.29, 0.717) is 18.6 Å². The van der Waals surface area contributed by atoms with E-state index >= 15 is 0 Å². The molecule has 0 aliphatic carbocycles. The minimum Gasteiger partial charge on any atom is -0.489 e. The lowest BCUT2D eigenvalue weighted by molar-refractivity contribution is 0.156. The quantitative estimate of drug-likeness (QED) is 0.490. The van der Waals surface area contributed by atoms with E-state index in [1.807, 2.05) is 18.2 Å². The molecule has 1 N–H and O–H groups in total. The molecule has 0 radical (unpaired) electrons. The Morgan fingerprint density at radius 2 is 2.32 bits per heavy atom. The lowest BCUT2D eigenvalue weighted by Crippen LogP contribution is -2.41. The third kappa shape index (κ3) is 4.34. The van der Waals surface area contributed by atoms with E-state index in [2.05, 4.69) is 29.8 Å². The van der Waals surface area contributed by atoms with Gasteiger partial charge in [0.05, 0.1) is 13.2 Å². The molecule has 0 bridgehead atoms. The number of ether oxygens (including phenoxy) is 2. The van der Waals surface area contributed by atoms with Crippen LogP contribution in [0.15, 0.2) is 41.9 Å². The normalized spacial score (nSPS) is 23.2. The van der Waals surface area contributed by atoms with Gasteiger partial charge >= 0.3 is 0 Å². The van der Waals surface area contributed by atoms with Crippen LogP contribution in [0.2, 0.25) is 0 Å². The lowest BCUT2D eigenvalue weighted by atomic mass is 9.87. The van der Waals surface area contributed by atoms with Crippen LogP contribution >= 0.6 is 0 Å². The van der Waals surface area contributed by atoms with Crippen LogP contribution in [0.25, 0.3) is 0 Å². The fourth-order valence-corrected chi connectivity index (χ4v) is 3.60. The molecule has 0 amide bonds. The lowest BCUT2D eigenvalue weighted by Gasteiger charge is -2.25. The van der Waals surface area contributed by atoms with E-state index < -0.39 is 0 Å². The third-order valence-corrected chi connectivity index (χ3v) is 4.99. The van der Waals surface area contributed by atoms with Gasteiger partial charge in [-0.05, 0) is 25.8 Å². The second kappa shape index (κ2) is 8.39. The highest BCUT2D eigenvalue weighted by Gasteiger charge is 2.42. The molecule has 5 heteroatoms. The second-order valence-electron chi connectivity index (χ2n) is 6.85. The van der Waals surface area contributed by atoms with Crippen molar-refractivity contribution >= 4 is 5.96 Å². The smallest absolute Gasteiger partial charge is 0.194 e. The number of benzene rings is 1. The van der Waals surface area contributed by atoms with E-state index in [0.717, 1.165) is 50.1 Å². The molecular weight excluding hydrogens is 314 g/mol. The predicted octanol–water partition coefficient (Wildman–Crippen LogP) is 2.83. The summed E-state index contributed by atoms with van der Waals surface area (Å²) in [6.45, 7) is 11.7. The molecule has 0 saturated carbocycles. The number of para-hydroxylation sites is 1. The minimum absolute atomic E-state index is 0.334. The second-order valence-corrected chi connectivity index (χ2v) is 6.85. The largest absolute Gasteiger partial charge is 0.489 e. The Hall–Kier alpha value is -2.01. The number of rotatable bonds is 6. The summed E-state index contributed by atoms with van der Waals surface area (Å²) < 4.78 is 11.4. The fourth-order valence-electron chi connectivity index (χ4n) is 3.60. The maximum absolute atomic E-state index is 5.74. The summed E-state index contributed by atoms with van der Waals surface area (Å²) in [5.74, 6) is 1.87. The zero-order valence-corrected chi connectivity index (χ0v) is 15.2. The molecule has 2 aliphatic rings. The highest BCUT2D eigenvalue weighted by Crippen LogP contribution is 2.38. The van der Waals surface area contributed by atoms with Crippen molar-refractivity contribution in [3.63, 3.8) is 0 Å². The SMILES string of the molecule is C=CCOc1ccccc1CN=C(NCC)N1CCC2(CCOC2)C1. The van der Waals surface area contributed by atoms with Crippen LogP contribution in [0.4, 0.5) is 0 Å². The van der Waals surface area contributed by atoms with Crippen LogP contribution in [0.1, 0.15) is 25.3 Å². The first-order valence-electron chi connectivity index (χ1n) is 9.19. The van der Waals surface area contributed by atoms with Gasteiger partial charge in [0.15, 0.2) is 5.96 Å². The van der Waals surface area contributed by atoms with E-state index in [-0.39, 0.29) is 0 Å². The van der Waals surface area contributed by atoms with Crippen LogP contribution in [0.5, 0.6) is 5.75 Å². The third-order valence-electron chi connectivity index (χ3n) is 4.99. The maximum atomic E-state index is 5.74. The number of likely N-dealkylation sites (tertiary alicyclic amines) is 1. The molecule has 1 aromatic rings. The molecule has 1 spiro atoms. The van der Waals surface area contributed by atoms with Crippen molar-refractivity contribution in [2.24, 2.45) is 10.4 Å². The standard InChI is InChI=1S/C20H29N3O2/c1-3-12-25-18-8-6-5-7-17(18)14-22-19(21-4-2)23-11-9-20(15-23)10-13-24-16-20/h3,5-8H,1,4,9-16H2,2H3,(H,21,22). The number of guanidine groups is 1. The van der Waals surface area contributed by atoms with Gasteiger partial charge < -0.3 is 19.7 Å². The van der Waals surface area contributed by atoms with Crippen molar-refractivity contribution < 1.29 is 9.47 Å². The first-order valence-corrected chi connectivity index (χ1v) is 9.19. The maximum Gasteiger partial charge on any atom is 0.194 e. The summed E-state index contributed by atoms with van der Waals surface area (Å²) >= 11 is 0. The molecule has 136 valence electrons. The van der Waals surface area contributed by atoms with Gasteiger partial charge in [-0.1, -0.05) is 30.9 Å². The van der Waals surface area contributed by atoms with E-state index in [1.54, 1.807) is 6.08 Å². The first kappa shape index (κ1) is 17.8. The van der Waals surface area contributed by atoms with Gasteiger partial charge in [0, 0.05) is 37.2 Å². The summed E-state index contributed by atoms with van der Waals surface area (Å²) in [6, 6.07) is 8.07. The van der Waals surface area contributed by atoms with Gasteiger partial charge in [0.25, 0.3) is 0 Å². The Bertz CT molecular complexity index is 609. The number of hydrogen-bond acceptors (Lipinski definition) is 3. The van der Waals surface area contributed by atoms with Crippen molar-refractivity contribution in [2.75, 3.05) is 39.5 Å². The zero-order valence-electron chi connectivity index (χ0n) is 15.2. The predicted molar refractivity (Wildman–Crippen MR) is 101 cm³/mol. The Morgan fingerprint density at radius 3 is 3.08 bits per heavy atom. The van der Waals surface area contributed by atoms with Crippen molar-refractivity contribution in [3.05, 3.63) is 42.5 Å². The molecule has 1 aromatic carbocycles. The number of nitrogens with one attached hydrogen (secondary N) is 1. The van der Waals surface area contributed by atoms with Crippen molar-refractivity contribution in [3.8, 4) is 5.75 Å². The van der Waals surface area contributed by atoms with E-state index in [9.17, 15) is 0 Å². The summed E-state index contributed by atoms with van der Waals surface area (Å²) in [4.78, 5) is 7.25. The van der Waals surface area contributed by atoms with Crippen molar-refractivity contribution in [1.82, 2.24) is 10.2 Å². The van der Waals surface area contributed by atoms with Gasteiger partial charge in [-0.25, -0.2) is 4.99 Å². The highest BCUT2D eigenvalue weighted by molar-refractivity contribution is 5.80. The van der Waals surface area contributed by atoms with Crippen LogP contribution < -0.4 is 10.1 Å². The van der Waals surface area contributed by atoms with Crippen LogP contribution in [0.3, 0.4) is 0 Å². The summed E-state index contributed by atoms with van der Waals surface area (Å²) in [7, 11) is 0. The van der Waals surface area contributed by atoms with Gasteiger partial charge in [-0.15, -0.1) is 0 Å². The first-order chi connectivity index (χ1) is 12.3. The minimum atomic E-state index is 0.334. The highest BCUT2D eigenvalue weighted by atomic mass is 16.5. The van der Waals surface area contributed by atoms with Gasteiger partial charge in [-0.2, -0.15) is 0 Å². The Kier molecular flexibility index (Phi) is 5.97. The summed E-state index contributed by atoms with van der Waals surface area (Å²) in [6.07, 6.45) is 4.12.